The molecule has 1 aliphatic heterocycles. The summed E-state index contributed by atoms with van der Waals surface area (Å²) in [4.78, 5) is 0. The van der Waals surface area contributed by atoms with Crippen LogP contribution in [-0.2, 0) is 32.0 Å². The standard InChI is InChI=1S/C33H47O7PSi/c1-23(2)38-41(34,39-24(3)4)35-21-20-33-22-27(33)28(29-30(33)37-32(8,9)36-29)40-42(31(5,6)7,25-16-12-10-13-17-25)26-18-14-11-15-19-26/h10-21,23-24,27-30H,22H2,1-9H3/b21-20+/t27-,28+,29+,30+,33+/m1/s1. The normalized spacial score (nSPS) is 28.8. The van der Waals surface area contributed by atoms with Gasteiger partial charge < -0.3 is 18.4 Å². The Labute approximate surface area is 252 Å². The maximum absolute atomic E-state index is 13.3. The molecular formula is C33H47O7PSi. The van der Waals surface area contributed by atoms with Gasteiger partial charge in [0.15, 0.2) is 5.79 Å². The van der Waals surface area contributed by atoms with Crippen LogP contribution in [0.5, 0.6) is 0 Å². The highest BCUT2D eigenvalue weighted by Crippen LogP contribution is 2.70. The molecule has 0 aromatic heterocycles. The van der Waals surface area contributed by atoms with Crippen molar-refractivity contribution in [3.8, 4) is 0 Å². The number of ether oxygens (including phenoxy) is 2. The van der Waals surface area contributed by atoms with Gasteiger partial charge in [-0.2, -0.15) is 0 Å². The Morgan fingerprint density at radius 3 is 1.90 bits per heavy atom. The second-order valence-electron chi connectivity index (χ2n) is 13.9. The Kier molecular flexibility index (Phi) is 8.51. The number of phosphoric acid groups is 1. The molecule has 0 amide bonds. The first kappa shape index (κ1) is 31.6. The van der Waals surface area contributed by atoms with Gasteiger partial charge in [0.25, 0.3) is 8.32 Å². The highest BCUT2D eigenvalue weighted by molar-refractivity contribution is 7.48. The number of hydrogen-bond donors (Lipinski definition) is 0. The average Bonchev–Trinajstić information content (AvgIpc) is 3.43. The van der Waals surface area contributed by atoms with E-state index in [1.807, 2.05) is 19.9 Å². The average molecular weight is 615 g/mol. The molecule has 0 radical (unpaired) electrons. The second-order valence-corrected chi connectivity index (χ2v) is 19.6. The van der Waals surface area contributed by atoms with Crippen molar-refractivity contribution in [2.24, 2.45) is 11.3 Å². The first-order valence-corrected chi connectivity index (χ1v) is 18.5. The van der Waals surface area contributed by atoms with Crippen molar-refractivity contribution >= 4 is 26.5 Å². The molecule has 1 saturated heterocycles. The van der Waals surface area contributed by atoms with Gasteiger partial charge in [-0.1, -0.05) is 81.4 Å². The van der Waals surface area contributed by atoms with Crippen LogP contribution in [0.1, 0.15) is 68.7 Å². The zero-order chi connectivity index (χ0) is 30.6. The molecule has 0 N–H and O–H groups in total. The van der Waals surface area contributed by atoms with E-state index in [0.717, 1.165) is 6.42 Å². The molecule has 2 aromatic rings. The number of rotatable bonds is 11. The van der Waals surface area contributed by atoms with Crippen LogP contribution in [0, 0.1) is 11.3 Å². The van der Waals surface area contributed by atoms with Crippen LogP contribution in [0.2, 0.25) is 5.04 Å². The Hall–Kier alpha value is -1.77. The van der Waals surface area contributed by atoms with Gasteiger partial charge in [0.1, 0.15) is 6.10 Å². The second kappa shape index (κ2) is 11.3. The fourth-order valence-electron chi connectivity index (χ4n) is 6.90. The van der Waals surface area contributed by atoms with Crippen molar-refractivity contribution in [1.29, 1.82) is 0 Å². The van der Waals surface area contributed by atoms with Crippen LogP contribution in [-0.4, -0.2) is 44.6 Å². The molecule has 1 heterocycles. The highest BCUT2D eigenvalue weighted by Gasteiger charge is 2.76. The highest BCUT2D eigenvalue weighted by atomic mass is 31.2. The third kappa shape index (κ3) is 5.84. The molecule has 5 rings (SSSR count). The van der Waals surface area contributed by atoms with Crippen molar-refractivity contribution in [3.05, 3.63) is 73.0 Å². The topological polar surface area (TPSA) is 72.5 Å². The summed E-state index contributed by atoms with van der Waals surface area (Å²) in [6.45, 7) is 18.0. The minimum atomic E-state index is -3.79. The molecule has 2 saturated carbocycles. The van der Waals surface area contributed by atoms with Gasteiger partial charge in [-0.3, -0.25) is 9.05 Å². The molecule has 7 nitrogen and oxygen atoms in total. The molecule has 0 unspecified atom stereocenters. The minimum Gasteiger partial charge on any atom is -0.412 e. The fraction of sp³-hybridized carbons (Fsp3) is 0.576. The quantitative estimate of drug-likeness (QED) is 0.154. The summed E-state index contributed by atoms with van der Waals surface area (Å²) < 4.78 is 51.0. The summed E-state index contributed by atoms with van der Waals surface area (Å²) >= 11 is 0. The zero-order valence-corrected chi connectivity index (χ0v) is 28.3. The number of benzene rings is 2. The van der Waals surface area contributed by atoms with Crippen LogP contribution in [0.3, 0.4) is 0 Å². The summed E-state index contributed by atoms with van der Waals surface area (Å²) in [5, 5.41) is 2.29. The van der Waals surface area contributed by atoms with Crippen molar-refractivity contribution in [2.45, 2.75) is 110 Å². The van der Waals surface area contributed by atoms with Crippen molar-refractivity contribution < 1.29 is 32.0 Å². The van der Waals surface area contributed by atoms with Gasteiger partial charge in [0, 0.05) is 5.41 Å². The first-order chi connectivity index (χ1) is 19.6. The van der Waals surface area contributed by atoms with Gasteiger partial charge in [0.05, 0.1) is 30.7 Å². The predicted molar refractivity (Wildman–Crippen MR) is 167 cm³/mol. The molecular weight excluding hydrogens is 567 g/mol. The fourth-order valence-corrected chi connectivity index (χ4v) is 13.0. The number of phosphoric ester groups is 1. The Morgan fingerprint density at radius 2 is 1.43 bits per heavy atom. The van der Waals surface area contributed by atoms with Gasteiger partial charge >= 0.3 is 7.82 Å². The van der Waals surface area contributed by atoms with Gasteiger partial charge in [-0.25, -0.2) is 4.57 Å². The lowest BCUT2D eigenvalue weighted by molar-refractivity contribution is -0.164. The summed E-state index contributed by atoms with van der Waals surface area (Å²) in [7, 11) is -6.63. The third-order valence-electron chi connectivity index (χ3n) is 8.46. The SMILES string of the molecule is CC(C)OP(=O)(O/C=C/[C@]12C[C@@H]1[C@H](O[Si](c1ccccc1)(c1ccccc1)C(C)(C)C)[C@@H]1OC(C)(C)O[C@@H]12)OC(C)C. The van der Waals surface area contributed by atoms with Crippen LogP contribution in [0.15, 0.2) is 73.0 Å². The first-order valence-electron chi connectivity index (χ1n) is 15.1. The number of hydrogen-bond acceptors (Lipinski definition) is 7. The van der Waals surface area contributed by atoms with Crippen molar-refractivity contribution in [1.82, 2.24) is 0 Å². The smallest absolute Gasteiger partial charge is 0.412 e. The maximum atomic E-state index is 13.3. The molecule has 0 spiro atoms. The lowest BCUT2D eigenvalue weighted by atomic mass is 9.99. The molecule has 230 valence electrons. The predicted octanol–water partition coefficient (Wildman–Crippen LogP) is 6.96. The lowest BCUT2D eigenvalue weighted by Gasteiger charge is -2.45. The molecule has 5 atom stereocenters. The van der Waals surface area contributed by atoms with Crippen LogP contribution >= 0.6 is 7.82 Å². The van der Waals surface area contributed by atoms with Crippen molar-refractivity contribution in [3.63, 3.8) is 0 Å². The van der Waals surface area contributed by atoms with Crippen LogP contribution in [0.25, 0.3) is 0 Å². The van der Waals surface area contributed by atoms with Gasteiger partial charge in [-0.15, -0.1) is 0 Å². The monoisotopic (exact) mass is 614 g/mol. The van der Waals surface area contributed by atoms with E-state index >= 15 is 0 Å². The molecule has 42 heavy (non-hydrogen) atoms. The summed E-state index contributed by atoms with van der Waals surface area (Å²) in [5.41, 5.74) is -0.366. The third-order valence-corrected chi connectivity index (χ3v) is 15.2. The van der Waals surface area contributed by atoms with E-state index in [9.17, 15) is 4.57 Å². The van der Waals surface area contributed by atoms with E-state index in [0.29, 0.717) is 0 Å². The minimum absolute atomic E-state index is 0.154. The molecule has 2 aliphatic carbocycles. The summed E-state index contributed by atoms with van der Waals surface area (Å²) in [6.07, 6.45) is 3.02. The van der Waals surface area contributed by atoms with Crippen LogP contribution in [0.4, 0.5) is 0 Å². The largest absolute Gasteiger partial charge is 0.529 e. The summed E-state index contributed by atoms with van der Waals surface area (Å²) in [5.74, 6) is -0.601. The Morgan fingerprint density at radius 1 is 0.905 bits per heavy atom. The van der Waals surface area contributed by atoms with E-state index in [2.05, 4.69) is 81.4 Å². The van der Waals surface area contributed by atoms with Gasteiger partial charge in [0.2, 0.25) is 0 Å². The van der Waals surface area contributed by atoms with Gasteiger partial charge in [-0.05, 0) is 75.4 Å². The zero-order valence-electron chi connectivity index (χ0n) is 26.4. The van der Waals surface area contributed by atoms with Crippen molar-refractivity contribution in [2.75, 3.05) is 0 Å². The molecule has 2 aromatic carbocycles. The lowest BCUT2D eigenvalue weighted by Crippen LogP contribution is -2.68. The van der Waals surface area contributed by atoms with E-state index in [1.54, 1.807) is 27.7 Å². The number of fused-ring (bicyclic) bond motifs is 3. The van der Waals surface area contributed by atoms with E-state index in [-0.39, 0.29) is 46.9 Å². The van der Waals surface area contributed by atoms with Crippen LogP contribution < -0.4 is 10.4 Å². The molecule has 3 aliphatic rings. The molecule has 9 heteroatoms. The van der Waals surface area contributed by atoms with E-state index < -0.39 is 21.9 Å². The Balaban J connectivity index is 1.52. The molecule has 0 bridgehead atoms. The molecule has 3 fully saturated rings. The Bertz CT molecular complexity index is 1250. The van der Waals surface area contributed by atoms with E-state index in [4.69, 9.17) is 27.5 Å². The van der Waals surface area contributed by atoms with E-state index in [1.165, 1.54) is 16.6 Å². The summed E-state index contributed by atoms with van der Waals surface area (Å²) in [6, 6.07) is 21.4. The maximum Gasteiger partial charge on any atom is 0.529 e.